The topological polar surface area (TPSA) is 211 Å². The number of alkyl carbamates (subject to hydrolysis) is 1. The molecule has 294 valence electrons. The number of nitrogens with one attached hydrogen (secondary N) is 4. The fourth-order valence-corrected chi connectivity index (χ4v) is 7.91. The first-order chi connectivity index (χ1) is 25.4. The van der Waals surface area contributed by atoms with Gasteiger partial charge in [0, 0.05) is 30.6 Å². The summed E-state index contributed by atoms with van der Waals surface area (Å²) in [7, 11) is -2.35. The molecule has 0 bridgehead atoms. The minimum Gasteiger partial charge on any atom is -0.497 e. The highest BCUT2D eigenvalue weighted by Crippen LogP contribution is 2.47. The quantitative estimate of drug-likeness (QED) is 0.205. The summed E-state index contributed by atoms with van der Waals surface area (Å²) in [5.41, 5.74) is -1.69. The molecule has 2 heterocycles. The lowest BCUT2D eigenvalue weighted by atomic mass is 10.1. The number of carbonyl (C=O) groups is 5. The molecule has 0 radical (unpaired) electrons. The van der Waals surface area contributed by atoms with Gasteiger partial charge >= 0.3 is 6.09 Å². The van der Waals surface area contributed by atoms with Crippen LogP contribution in [-0.4, -0.2) is 103 Å². The molecule has 1 aromatic carbocycles. The largest absolute Gasteiger partial charge is 0.497 e. The van der Waals surface area contributed by atoms with Gasteiger partial charge in [-0.25, -0.2) is 18.2 Å². The van der Waals surface area contributed by atoms with Crippen LogP contribution in [-0.2, 0) is 33.9 Å². The molecule has 5 rings (SSSR count). The first kappa shape index (κ1) is 40.3. The summed E-state index contributed by atoms with van der Waals surface area (Å²) in [6.45, 7) is 9.79. The smallest absolute Gasteiger partial charge is 0.408 e. The number of methoxy groups -OCH3 is 1. The average Bonchev–Trinajstić information content (AvgIpc) is 4.02. The lowest BCUT2D eigenvalue weighted by molar-refractivity contribution is -0.141. The molecule has 54 heavy (non-hydrogen) atoms. The van der Waals surface area contributed by atoms with Gasteiger partial charge < -0.3 is 35.1 Å². The summed E-state index contributed by atoms with van der Waals surface area (Å²) in [5, 5.41) is 8.76. The molecule has 0 spiro atoms. The molecule has 0 unspecified atom stereocenters. The fraction of sp³-hybridized carbons (Fsp3) is 0.568. The first-order valence-electron chi connectivity index (χ1n) is 18.1. The molecule has 2 saturated carbocycles. The van der Waals surface area contributed by atoms with Crippen LogP contribution in [0.1, 0.15) is 73.6 Å². The first-order valence-corrected chi connectivity index (χ1v) is 19.6. The Morgan fingerprint density at radius 3 is 2.44 bits per heavy atom. The summed E-state index contributed by atoms with van der Waals surface area (Å²) < 4.78 is 44.7. The predicted molar refractivity (Wildman–Crippen MR) is 198 cm³/mol. The molecule has 5 atom stereocenters. The standard InChI is InChI=1S/C37H50N6O10S/c1-8-23-18-37(23,34(47)42-54(49,50)26-10-11-26)41-31(45)29-17-25(52-32-27-12-9-24(51-7)16-22(27)13-14-38-32)20-43(29)33(46)28(19-39-30(44)15-21(2)3)40-35(48)53-36(4,5)6/h9,12-16,23,25-26,28-29H,8,10-11,17-20H2,1-7H3,(H,39,44)(H,40,48)(H,41,45)(H,42,47)/t23-,25-,28+,29+,37-/m1/s1. The molecular weight excluding hydrogens is 721 g/mol. The number of hydrogen-bond acceptors (Lipinski definition) is 11. The molecule has 2 aliphatic carbocycles. The number of fused-ring (bicyclic) bond motifs is 1. The number of benzene rings is 1. The molecule has 3 aliphatic rings. The van der Waals surface area contributed by atoms with Crippen molar-refractivity contribution in [2.75, 3.05) is 20.2 Å². The van der Waals surface area contributed by atoms with Gasteiger partial charge in [-0.15, -0.1) is 0 Å². The van der Waals surface area contributed by atoms with Crippen molar-refractivity contribution in [3.63, 3.8) is 0 Å². The maximum atomic E-state index is 14.4. The Labute approximate surface area is 315 Å². The lowest BCUT2D eigenvalue weighted by Crippen LogP contribution is -2.59. The molecule has 3 fully saturated rings. The van der Waals surface area contributed by atoms with E-state index >= 15 is 0 Å². The second kappa shape index (κ2) is 15.8. The SMILES string of the molecule is CC[C@@H]1C[C@]1(NC(=O)[C@@H]1C[C@@H](Oc2nccc3cc(OC)ccc23)CN1C(=O)[C@H](CNC(=O)C=C(C)C)NC(=O)OC(C)(C)C)C(=O)NS(=O)(=O)C1CC1. The van der Waals surface area contributed by atoms with Crippen molar-refractivity contribution >= 4 is 50.5 Å². The van der Waals surface area contributed by atoms with E-state index in [9.17, 15) is 32.4 Å². The van der Waals surface area contributed by atoms with Crippen LogP contribution in [0.25, 0.3) is 10.8 Å². The summed E-state index contributed by atoms with van der Waals surface area (Å²) >= 11 is 0. The second-order valence-electron chi connectivity index (χ2n) is 15.3. The van der Waals surface area contributed by atoms with Crippen LogP contribution in [0.5, 0.6) is 11.6 Å². The van der Waals surface area contributed by atoms with Crippen LogP contribution in [0.3, 0.4) is 0 Å². The third-order valence-electron chi connectivity index (χ3n) is 9.50. The van der Waals surface area contributed by atoms with Crippen LogP contribution < -0.4 is 30.1 Å². The van der Waals surface area contributed by atoms with E-state index in [1.54, 1.807) is 66.1 Å². The molecule has 1 aromatic heterocycles. The van der Waals surface area contributed by atoms with E-state index < -0.39 is 74.3 Å². The number of pyridine rings is 1. The van der Waals surface area contributed by atoms with Gasteiger partial charge in [-0.05, 0) is 89.5 Å². The van der Waals surface area contributed by atoms with E-state index in [1.165, 1.54) is 11.0 Å². The van der Waals surface area contributed by atoms with Crippen LogP contribution in [0, 0.1) is 5.92 Å². The van der Waals surface area contributed by atoms with E-state index in [1.807, 2.05) is 13.0 Å². The van der Waals surface area contributed by atoms with Crippen molar-refractivity contribution in [3.05, 3.63) is 42.1 Å². The predicted octanol–water partition coefficient (Wildman–Crippen LogP) is 2.46. The number of carbonyl (C=O) groups excluding carboxylic acids is 5. The van der Waals surface area contributed by atoms with Crippen molar-refractivity contribution in [3.8, 4) is 11.6 Å². The second-order valence-corrected chi connectivity index (χ2v) is 17.3. The Hall–Kier alpha value is -4.93. The number of aromatic nitrogens is 1. The Morgan fingerprint density at radius 2 is 1.83 bits per heavy atom. The van der Waals surface area contributed by atoms with Gasteiger partial charge in [0.1, 0.15) is 35.1 Å². The highest BCUT2D eigenvalue weighted by molar-refractivity contribution is 7.91. The maximum Gasteiger partial charge on any atom is 0.408 e. The van der Waals surface area contributed by atoms with Crippen LogP contribution in [0.2, 0.25) is 0 Å². The van der Waals surface area contributed by atoms with Crippen LogP contribution in [0.15, 0.2) is 42.1 Å². The van der Waals surface area contributed by atoms with Crippen LogP contribution in [0.4, 0.5) is 4.79 Å². The zero-order chi connectivity index (χ0) is 39.6. The Kier molecular flexibility index (Phi) is 11.8. The van der Waals surface area contributed by atoms with Crippen molar-refractivity contribution in [1.82, 2.24) is 30.6 Å². The summed E-state index contributed by atoms with van der Waals surface area (Å²) in [5.74, 6) is -2.20. The van der Waals surface area contributed by atoms with Gasteiger partial charge in [-0.1, -0.05) is 18.9 Å². The van der Waals surface area contributed by atoms with Crippen molar-refractivity contribution < 1.29 is 46.6 Å². The number of ether oxygens (including phenoxy) is 3. The molecule has 4 N–H and O–H groups in total. The number of rotatable bonds is 14. The van der Waals surface area contributed by atoms with E-state index in [4.69, 9.17) is 14.2 Å². The molecule has 16 nitrogen and oxygen atoms in total. The molecule has 1 aliphatic heterocycles. The van der Waals surface area contributed by atoms with Gasteiger partial charge in [0.25, 0.3) is 5.91 Å². The summed E-state index contributed by atoms with van der Waals surface area (Å²) in [6, 6.07) is 4.53. The zero-order valence-corrected chi connectivity index (χ0v) is 32.5. The van der Waals surface area contributed by atoms with Crippen molar-refractivity contribution in [1.29, 1.82) is 0 Å². The Balaban J connectivity index is 1.45. The van der Waals surface area contributed by atoms with E-state index in [0.29, 0.717) is 36.0 Å². The zero-order valence-electron chi connectivity index (χ0n) is 31.7. The Bertz CT molecular complexity index is 1940. The number of hydrogen-bond donors (Lipinski definition) is 4. The van der Waals surface area contributed by atoms with Gasteiger partial charge in [0.15, 0.2) is 0 Å². The summed E-state index contributed by atoms with van der Waals surface area (Å²) in [4.78, 5) is 73.5. The number of likely N-dealkylation sites (tertiary alicyclic amines) is 1. The minimum atomic E-state index is -3.90. The van der Waals surface area contributed by atoms with Crippen molar-refractivity contribution in [2.24, 2.45) is 5.92 Å². The third-order valence-corrected chi connectivity index (χ3v) is 11.3. The van der Waals surface area contributed by atoms with E-state index in [2.05, 4.69) is 25.7 Å². The lowest BCUT2D eigenvalue weighted by Gasteiger charge is -2.30. The monoisotopic (exact) mass is 770 g/mol. The highest BCUT2D eigenvalue weighted by Gasteiger charge is 2.62. The third kappa shape index (κ3) is 9.59. The number of sulfonamides is 1. The van der Waals surface area contributed by atoms with Crippen molar-refractivity contribution in [2.45, 2.75) is 108 Å². The van der Waals surface area contributed by atoms with Gasteiger partial charge in [-0.2, -0.15) is 0 Å². The molecule has 2 aromatic rings. The average molecular weight is 771 g/mol. The summed E-state index contributed by atoms with van der Waals surface area (Å²) in [6.07, 6.45) is 2.76. The minimum absolute atomic E-state index is 0.0378. The maximum absolute atomic E-state index is 14.4. The van der Waals surface area contributed by atoms with E-state index in [-0.39, 0.29) is 37.7 Å². The highest BCUT2D eigenvalue weighted by atomic mass is 32.2. The normalized spacial score (nSPS) is 22.7. The number of allylic oxidation sites excluding steroid dienone is 1. The van der Waals surface area contributed by atoms with Gasteiger partial charge in [0.05, 0.1) is 18.9 Å². The molecular formula is C37H50N6O10S. The molecule has 5 amide bonds. The van der Waals surface area contributed by atoms with Gasteiger partial charge in [-0.3, -0.25) is 23.9 Å². The van der Waals surface area contributed by atoms with Gasteiger partial charge in [0.2, 0.25) is 33.6 Å². The Morgan fingerprint density at radius 1 is 1.11 bits per heavy atom. The number of amides is 5. The van der Waals surface area contributed by atoms with E-state index in [0.717, 1.165) is 5.39 Å². The number of nitrogens with zero attached hydrogens (tertiary/aromatic N) is 2. The fourth-order valence-electron chi connectivity index (χ4n) is 6.54. The van der Waals surface area contributed by atoms with Crippen LogP contribution >= 0.6 is 0 Å². The molecule has 17 heteroatoms. The molecule has 1 saturated heterocycles.